The number of pyridine rings is 1. The van der Waals surface area contributed by atoms with E-state index >= 15 is 0 Å². The van der Waals surface area contributed by atoms with Crippen molar-refractivity contribution in [1.29, 1.82) is 0 Å². The molecule has 0 bridgehead atoms. The maximum atomic E-state index is 6.27. The van der Waals surface area contributed by atoms with Gasteiger partial charge in [0.15, 0.2) is 0 Å². The fraction of sp³-hybridized carbons (Fsp3) is 0.333. The molecule has 2 aromatic heterocycles. The van der Waals surface area contributed by atoms with Crippen molar-refractivity contribution in [2.45, 2.75) is 32.4 Å². The second-order valence-corrected chi connectivity index (χ2v) is 6.65. The Morgan fingerprint density at radius 1 is 1.35 bits per heavy atom. The number of benzene rings is 1. The van der Waals surface area contributed by atoms with Crippen molar-refractivity contribution in [3.8, 4) is 0 Å². The van der Waals surface area contributed by atoms with Gasteiger partial charge in [-0.25, -0.2) is 4.98 Å². The summed E-state index contributed by atoms with van der Waals surface area (Å²) in [6.45, 7) is 4.01. The van der Waals surface area contributed by atoms with Crippen LogP contribution < -0.4 is 0 Å². The number of likely N-dealkylation sites (tertiary alicyclic amines) is 1. The van der Waals surface area contributed by atoms with Gasteiger partial charge in [-0.1, -0.05) is 17.7 Å². The quantitative estimate of drug-likeness (QED) is 0.782. The molecule has 4 rings (SSSR count). The van der Waals surface area contributed by atoms with Crippen LogP contribution in [0.15, 0.2) is 36.7 Å². The highest BCUT2D eigenvalue weighted by Gasteiger charge is 2.28. The van der Waals surface area contributed by atoms with Gasteiger partial charge >= 0.3 is 0 Å². The summed E-state index contributed by atoms with van der Waals surface area (Å²) < 4.78 is 0. The number of hydrogen-bond donors (Lipinski definition) is 1. The fourth-order valence-electron chi connectivity index (χ4n) is 3.38. The van der Waals surface area contributed by atoms with Gasteiger partial charge in [-0.2, -0.15) is 0 Å². The van der Waals surface area contributed by atoms with Gasteiger partial charge < -0.3 is 4.98 Å². The van der Waals surface area contributed by atoms with Crippen LogP contribution in [-0.2, 0) is 6.54 Å². The molecule has 118 valence electrons. The first-order chi connectivity index (χ1) is 11.2. The predicted molar refractivity (Wildman–Crippen MR) is 92.5 cm³/mol. The molecule has 1 N–H and O–H groups in total. The third kappa shape index (κ3) is 2.84. The summed E-state index contributed by atoms with van der Waals surface area (Å²) in [6, 6.07) is 8.68. The van der Waals surface area contributed by atoms with Crippen LogP contribution in [0.5, 0.6) is 0 Å². The number of H-pyrrole nitrogens is 1. The first-order valence-corrected chi connectivity index (χ1v) is 8.37. The molecule has 0 unspecified atom stereocenters. The van der Waals surface area contributed by atoms with Crippen LogP contribution in [0.2, 0.25) is 5.02 Å². The monoisotopic (exact) mass is 326 g/mol. The second-order valence-electron chi connectivity index (χ2n) is 6.24. The predicted octanol–water partition coefficient (Wildman–Crippen LogP) is 4.26. The molecule has 1 aliphatic rings. The van der Waals surface area contributed by atoms with E-state index in [1.165, 1.54) is 12.0 Å². The smallest absolute Gasteiger partial charge is 0.124 e. The van der Waals surface area contributed by atoms with Crippen molar-refractivity contribution < 1.29 is 0 Å². The topological polar surface area (TPSA) is 44.8 Å². The van der Waals surface area contributed by atoms with E-state index in [4.69, 9.17) is 16.6 Å². The normalized spacial score (nSPS) is 18.8. The van der Waals surface area contributed by atoms with Gasteiger partial charge in [0.1, 0.15) is 5.82 Å². The maximum Gasteiger partial charge on any atom is 0.124 e. The lowest BCUT2D eigenvalue weighted by atomic mass is 10.2. The molecule has 1 aliphatic heterocycles. The minimum absolute atomic E-state index is 0.326. The molecule has 0 saturated carbocycles. The van der Waals surface area contributed by atoms with Crippen LogP contribution in [0.25, 0.3) is 11.0 Å². The van der Waals surface area contributed by atoms with Gasteiger partial charge in [-0.05, 0) is 55.6 Å². The molecule has 1 atom stereocenters. The van der Waals surface area contributed by atoms with E-state index in [1.807, 2.05) is 6.07 Å². The van der Waals surface area contributed by atoms with Crippen LogP contribution in [-0.4, -0.2) is 26.4 Å². The van der Waals surface area contributed by atoms with E-state index in [-0.39, 0.29) is 0 Å². The average molecular weight is 327 g/mol. The van der Waals surface area contributed by atoms with E-state index in [0.717, 1.165) is 47.0 Å². The molecule has 0 radical (unpaired) electrons. The van der Waals surface area contributed by atoms with E-state index in [2.05, 4.69) is 40.0 Å². The first-order valence-electron chi connectivity index (χ1n) is 7.99. The van der Waals surface area contributed by atoms with Gasteiger partial charge in [0.25, 0.3) is 0 Å². The zero-order chi connectivity index (χ0) is 15.8. The van der Waals surface area contributed by atoms with Gasteiger partial charge in [0.05, 0.1) is 22.1 Å². The number of aromatic amines is 1. The Morgan fingerprint density at radius 2 is 2.26 bits per heavy atom. The Hall–Kier alpha value is -1.91. The molecule has 1 saturated heterocycles. The second kappa shape index (κ2) is 5.95. The molecule has 0 aliphatic carbocycles. The molecule has 0 spiro atoms. The van der Waals surface area contributed by atoms with Crippen molar-refractivity contribution >= 4 is 22.6 Å². The lowest BCUT2D eigenvalue weighted by Crippen LogP contribution is -2.23. The highest BCUT2D eigenvalue weighted by molar-refractivity contribution is 6.31. The Balaban J connectivity index is 1.62. The Morgan fingerprint density at radius 3 is 3.13 bits per heavy atom. The van der Waals surface area contributed by atoms with Crippen molar-refractivity contribution in [1.82, 2.24) is 19.9 Å². The number of aromatic nitrogens is 3. The lowest BCUT2D eigenvalue weighted by molar-refractivity contribution is 0.241. The van der Waals surface area contributed by atoms with Crippen LogP contribution >= 0.6 is 11.6 Å². The summed E-state index contributed by atoms with van der Waals surface area (Å²) in [7, 11) is 0. The SMILES string of the molecule is Cc1ccc2nc([C@H]3CCCN3Cc3ccncc3Cl)[nH]c2c1. The van der Waals surface area contributed by atoms with Crippen molar-refractivity contribution in [2.24, 2.45) is 0 Å². The number of halogens is 1. The van der Waals surface area contributed by atoms with Crippen LogP contribution in [0.1, 0.15) is 35.8 Å². The minimum atomic E-state index is 0.326. The number of imidazole rings is 1. The summed E-state index contributed by atoms with van der Waals surface area (Å²) in [5.74, 6) is 1.06. The molecule has 1 fully saturated rings. The average Bonchev–Trinajstić information content (AvgIpc) is 3.15. The van der Waals surface area contributed by atoms with Crippen molar-refractivity contribution in [3.63, 3.8) is 0 Å². The summed E-state index contributed by atoms with van der Waals surface area (Å²) in [4.78, 5) is 14.8. The van der Waals surface area contributed by atoms with Crippen LogP contribution in [0.4, 0.5) is 0 Å². The summed E-state index contributed by atoms with van der Waals surface area (Å²) in [5.41, 5.74) is 4.54. The lowest BCUT2D eigenvalue weighted by Gasteiger charge is -2.23. The van der Waals surface area contributed by atoms with Crippen LogP contribution in [0, 0.1) is 6.92 Å². The standard InChI is InChI=1S/C18H19ClN4/c1-12-4-5-15-16(9-12)22-18(21-15)17-3-2-8-23(17)11-13-6-7-20-10-14(13)19/h4-7,9-10,17H,2-3,8,11H2,1H3,(H,21,22)/t17-/m1/s1. The molecule has 4 nitrogen and oxygen atoms in total. The van der Waals surface area contributed by atoms with Crippen LogP contribution in [0.3, 0.4) is 0 Å². The molecule has 3 aromatic rings. The number of rotatable bonds is 3. The van der Waals surface area contributed by atoms with E-state index in [1.54, 1.807) is 12.4 Å². The first kappa shape index (κ1) is 14.7. The number of fused-ring (bicyclic) bond motifs is 1. The number of aryl methyl sites for hydroxylation is 1. The number of nitrogens with one attached hydrogen (secondary N) is 1. The summed E-state index contributed by atoms with van der Waals surface area (Å²) in [6.07, 6.45) is 5.83. The molecule has 1 aromatic carbocycles. The molecule has 23 heavy (non-hydrogen) atoms. The maximum absolute atomic E-state index is 6.27. The highest BCUT2D eigenvalue weighted by atomic mass is 35.5. The third-order valence-corrected chi connectivity index (χ3v) is 4.91. The van der Waals surface area contributed by atoms with E-state index in [9.17, 15) is 0 Å². The third-order valence-electron chi connectivity index (χ3n) is 4.56. The van der Waals surface area contributed by atoms with E-state index < -0.39 is 0 Å². The minimum Gasteiger partial charge on any atom is -0.341 e. The Kier molecular flexibility index (Phi) is 3.79. The Labute approximate surface area is 140 Å². The zero-order valence-corrected chi connectivity index (χ0v) is 13.8. The number of nitrogens with zero attached hydrogens (tertiary/aromatic N) is 3. The fourth-order valence-corrected chi connectivity index (χ4v) is 3.56. The van der Waals surface area contributed by atoms with Crippen molar-refractivity contribution in [2.75, 3.05) is 6.54 Å². The Bertz CT molecular complexity index is 842. The molecule has 0 amide bonds. The van der Waals surface area contributed by atoms with E-state index in [0.29, 0.717) is 6.04 Å². The zero-order valence-electron chi connectivity index (χ0n) is 13.1. The van der Waals surface area contributed by atoms with Gasteiger partial charge in [0.2, 0.25) is 0 Å². The molecular formula is C18H19ClN4. The summed E-state index contributed by atoms with van der Waals surface area (Å²) in [5, 5.41) is 0.735. The molecule has 3 heterocycles. The molecular weight excluding hydrogens is 308 g/mol. The van der Waals surface area contributed by atoms with Gasteiger partial charge in [-0.15, -0.1) is 0 Å². The summed E-state index contributed by atoms with van der Waals surface area (Å²) >= 11 is 6.27. The largest absolute Gasteiger partial charge is 0.341 e. The highest BCUT2D eigenvalue weighted by Crippen LogP contribution is 2.33. The molecule has 5 heteroatoms. The van der Waals surface area contributed by atoms with Gasteiger partial charge in [-0.3, -0.25) is 9.88 Å². The van der Waals surface area contributed by atoms with Gasteiger partial charge in [0, 0.05) is 18.9 Å². The van der Waals surface area contributed by atoms with Crippen molar-refractivity contribution in [3.05, 3.63) is 58.6 Å². The number of hydrogen-bond acceptors (Lipinski definition) is 3.